The van der Waals surface area contributed by atoms with Crippen LogP contribution in [-0.2, 0) is 11.3 Å². The molecule has 84 valence electrons. The van der Waals surface area contributed by atoms with Crippen molar-refractivity contribution in [1.29, 1.82) is 0 Å². The van der Waals surface area contributed by atoms with Crippen molar-refractivity contribution in [2.45, 2.75) is 39.3 Å². The second kappa shape index (κ2) is 5.56. The Bertz CT molecular complexity index is 317. The van der Waals surface area contributed by atoms with Gasteiger partial charge in [-0.2, -0.15) is 0 Å². The van der Waals surface area contributed by atoms with Crippen molar-refractivity contribution in [1.82, 2.24) is 5.32 Å². The Hall–Kier alpha value is -1.29. The van der Waals surface area contributed by atoms with E-state index >= 15 is 0 Å². The molecule has 0 radical (unpaired) electrons. The van der Waals surface area contributed by atoms with Crippen molar-refractivity contribution in [3.63, 3.8) is 0 Å². The van der Waals surface area contributed by atoms with E-state index in [1.807, 2.05) is 19.1 Å². The lowest BCUT2D eigenvalue weighted by Crippen LogP contribution is -2.23. The van der Waals surface area contributed by atoms with E-state index in [1.54, 1.807) is 6.92 Å². The number of hydrogen-bond acceptors (Lipinski definition) is 3. The molecule has 0 aliphatic heterocycles. The van der Waals surface area contributed by atoms with Crippen LogP contribution in [0.2, 0.25) is 0 Å². The lowest BCUT2D eigenvalue weighted by molar-refractivity contribution is -0.121. The van der Waals surface area contributed by atoms with E-state index in [4.69, 9.17) is 9.52 Å². The maximum atomic E-state index is 11.3. The normalized spacial score (nSPS) is 12.5. The molecule has 0 aliphatic carbocycles. The molecule has 4 heteroatoms. The van der Waals surface area contributed by atoms with Gasteiger partial charge in [0.05, 0.1) is 12.6 Å². The van der Waals surface area contributed by atoms with Crippen LogP contribution in [0.15, 0.2) is 16.5 Å². The van der Waals surface area contributed by atoms with Crippen LogP contribution >= 0.6 is 0 Å². The summed E-state index contributed by atoms with van der Waals surface area (Å²) < 4.78 is 5.30. The molecule has 1 heterocycles. The number of aliphatic hydroxyl groups excluding tert-OH is 1. The predicted molar refractivity (Wildman–Crippen MR) is 56.2 cm³/mol. The first-order valence-electron chi connectivity index (χ1n) is 5.08. The van der Waals surface area contributed by atoms with Gasteiger partial charge in [-0.3, -0.25) is 4.79 Å². The molecule has 1 unspecified atom stereocenters. The highest BCUT2D eigenvalue weighted by Gasteiger charge is 2.05. The monoisotopic (exact) mass is 211 g/mol. The Balaban J connectivity index is 2.22. The average molecular weight is 211 g/mol. The van der Waals surface area contributed by atoms with Gasteiger partial charge < -0.3 is 14.8 Å². The molecule has 2 N–H and O–H groups in total. The zero-order valence-electron chi connectivity index (χ0n) is 9.12. The first-order valence-corrected chi connectivity index (χ1v) is 5.08. The third-order valence-corrected chi connectivity index (χ3v) is 2.04. The summed E-state index contributed by atoms with van der Waals surface area (Å²) in [5.74, 6) is 1.52. The number of rotatable bonds is 5. The summed E-state index contributed by atoms with van der Waals surface area (Å²) in [4.78, 5) is 11.3. The van der Waals surface area contributed by atoms with Gasteiger partial charge in [-0.15, -0.1) is 0 Å². The highest BCUT2D eigenvalue weighted by Crippen LogP contribution is 2.05. The maximum absolute atomic E-state index is 11.3. The van der Waals surface area contributed by atoms with Gasteiger partial charge in [0.15, 0.2) is 0 Å². The summed E-state index contributed by atoms with van der Waals surface area (Å²) in [5.41, 5.74) is 0. The number of furan rings is 1. The fourth-order valence-electron chi connectivity index (χ4n) is 1.19. The van der Waals surface area contributed by atoms with Gasteiger partial charge in [0.2, 0.25) is 5.91 Å². The first kappa shape index (κ1) is 11.8. The van der Waals surface area contributed by atoms with E-state index in [-0.39, 0.29) is 5.91 Å². The fourth-order valence-corrected chi connectivity index (χ4v) is 1.19. The van der Waals surface area contributed by atoms with Crippen LogP contribution in [0.25, 0.3) is 0 Å². The molecular weight excluding hydrogens is 194 g/mol. The molecule has 0 saturated heterocycles. The highest BCUT2D eigenvalue weighted by molar-refractivity contribution is 5.75. The van der Waals surface area contributed by atoms with Gasteiger partial charge in [0.25, 0.3) is 0 Å². The van der Waals surface area contributed by atoms with Crippen molar-refractivity contribution >= 4 is 5.91 Å². The molecular formula is C11H17NO3. The number of hydrogen-bond donors (Lipinski definition) is 2. The quantitative estimate of drug-likeness (QED) is 0.773. The van der Waals surface area contributed by atoms with E-state index in [1.165, 1.54) is 0 Å². The minimum Gasteiger partial charge on any atom is -0.465 e. The third kappa shape index (κ3) is 4.65. The standard InChI is InChI=1S/C11H17NO3/c1-8(13)3-6-11(14)12-7-10-5-4-9(2)15-10/h4-5,8,13H,3,6-7H2,1-2H3,(H,12,14). The molecule has 1 aromatic rings. The molecule has 1 rings (SSSR count). The van der Waals surface area contributed by atoms with E-state index in [0.717, 1.165) is 11.5 Å². The molecule has 1 amide bonds. The maximum Gasteiger partial charge on any atom is 0.220 e. The van der Waals surface area contributed by atoms with Crippen LogP contribution in [0.1, 0.15) is 31.3 Å². The minimum absolute atomic E-state index is 0.0649. The van der Waals surface area contributed by atoms with Crippen LogP contribution in [0.3, 0.4) is 0 Å². The number of amides is 1. The summed E-state index contributed by atoms with van der Waals surface area (Å²) >= 11 is 0. The second-order valence-electron chi connectivity index (χ2n) is 3.68. The predicted octanol–water partition coefficient (Wildman–Crippen LogP) is 1.37. The summed E-state index contributed by atoms with van der Waals surface area (Å²) in [6.45, 7) is 3.94. The number of aryl methyl sites for hydroxylation is 1. The van der Waals surface area contributed by atoms with Crippen LogP contribution in [0.5, 0.6) is 0 Å². The van der Waals surface area contributed by atoms with Crippen LogP contribution in [0.4, 0.5) is 0 Å². The highest BCUT2D eigenvalue weighted by atomic mass is 16.3. The Labute approximate surface area is 89.3 Å². The van der Waals surface area contributed by atoms with Crippen molar-refractivity contribution in [2.24, 2.45) is 0 Å². The van der Waals surface area contributed by atoms with Gasteiger partial charge in [-0.1, -0.05) is 0 Å². The zero-order valence-corrected chi connectivity index (χ0v) is 9.12. The molecule has 0 aliphatic rings. The van der Waals surface area contributed by atoms with E-state index in [2.05, 4.69) is 5.32 Å². The van der Waals surface area contributed by atoms with Gasteiger partial charge in [0, 0.05) is 6.42 Å². The summed E-state index contributed by atoms with van der Waals surface area (Å²) in [6.07, 6.45) is 0.405. The average Bonchev–Trinajstić information content (AvgIpc) is 2.58. The van der Waals surface area contributed by atoms with E-state index < -0.39 is 6.10 Å². The first-order chi connectivity index (χ1) is 7.08. The van der Waals surface area contributed by atoms with Crippen molar-refractivity contribution < 1.29 is 14.3 Å². The zero-order chi connectivity index (χ0) is 11.3. The summed E-state index contributed by atoms with van der Waals surface area (Å²) in [7, 11) is 0. The fraction of sp³-hybridized carbons (Fsp3) is 0.545. The molecule has 0 bridgehead atoms. The Morgan fingerprint density at radius 1 is 1.60 bits per heavy atom. The number of carbonyl (C=O) groups is 1. The third-order valence-electron chi connectivity index (χ3n) is 2.04. The molecule has 0 aromatic carbocycles. The summed E-state index contributed by atoms with van der Waals surface area (Å²) in [6, 6.07) is 3.70. The minimum atomic E-state index is -0.429. The van der Waals surface area contributed by atoms with Crippen molar-refractivity contribution in [3.8, 4) is 0 Å². The van der Waals surface area contributed by atoms with Crippen LogP contribution < -0.4 is 5.32 Å². The van der Waals surface area contributed by atoms with Gasteiger partial charge in [-0.25, -0.2) is 0 Å². The van der Waals surface area contributed by atoms with Gasteiger partial charge in [0.1, 0.15) is 11.5 Å². The number of aliphatic hydroxyl groups is 1. The molecule has 0 spiro atoms. The number of nitrogens with one attached hydrogen (secondary N) is 1. The lowest BCUT2D eigenvalue weighted by Gasteiger charge is -2.04. The Kier molecular flexibility index (Phi) is 4.37. The topological polar surface area (TPSA) is 62.5 Å². The van der Waals surface area contributed by atoms with Gasteiger partial charge in [-0.05, 0) is 32.4 Å². The Morgan fingerprint density at radius 3 is 2.87 bits per heavy atom. The van der Waals surface area contributed by atoms with Crippen LogP contribution in [-0.4, -0.2) is 17.1 Å². The second-order valence-corrected chi connectivity index (χ2v) is 3.68. The van der Waals surface area contributed by atoms with Gasteiger partial charge >= 0.3 is 0 Å². The molecule has 1 atom stereocenters. The van der Waals surface area contributed by atoms with E-state index in [9.17, 15) is 4.79 Å². The lowest BCUT2D eigenvalue weighted by atomic mass is 10.2. The smallest absolute Gasteiger partial charge is 0.220 e. The SMILES string of the molecule is Cc1ccc(CNC(=O)CCC(C)O)o1. The number of carbonyl (C=O) groups excluding carboxylic acids is 1. The van der Waals surface area contributed by atoms with E-state index in [0.29, 0.717) is 19.4 Å². The molecule has 4 nitrogen and oxygen atoms in total. The Morgan fingerprint density at radius 2 is 2.33 bits per heavy atom. The van der Waals surface area contributed by atoms with Crippen molar-refractivity contribution in [3.05, 3.63) is 23.7 Å². The molecule has 1 aromatic heterocycles. The van der Waals surface area contributed by atoms with Crippen molar-refractivity contribution in [2.75, 3.05) is 0 Å². The molecule has 0 saturated carbocycles. The summed E-state index contributed by atoms with van der Waals surface area (Å²) in [5, 5.41) is 11.7. The molecule has 0 fully saturated rings. The van der Waals surface area contributed by atoms with Crippen LogP contribution in [0, 0.1) is 6.92 Å². The largest absolute Gasteiger partial charge is 0.465 e. The molecule has 15 heavy (non-hydrogen) atoms.